The highest BCUT2D eigenvalue weighted by atomic mass is 16.5. The van der Waals surface area contributed by atoms with E-state index in [-0.39, 0.29) is 12.5 Å². The van der Waals surface area contributed by atoms with E-state index >= 15 is 0 Å². The van der Waals surface area contributed by atoms with E-state index in [1.807, 2.05) is 37.3 Å². The Kier molecular flexibility index (Phi) is 9.19. The molecular weight excluding hydrogens is 308 g/mol. The number of ether oxygens (including phenoxy) is 1. The van der Waals surface area contributed by atoms with Gasteiger partial charge in [-0.25, -0.2) is 0 Å². The van der Waals surface area contributed by atoms with Crippen LogP contribution in [-0.4, -0.2) is 49.4 Å². The molecule has 2 amide bonds. The molecule has 1 rings (SSSR count). The van der Waals surface area contributed by atoms with Crippen molar-refractivity contribution in [3.63, 3.8) is 0 Å². The zero-order chi connectivity index (χ0) is 17.8. The van der Waals surface area contributed by atoms with Gasteiger partial charge in [-0.15, -0.1) is 0 Å². The first-order chi connectivity index (χ1) is 11.6. The molecule has 1 N–H and O–H groups in total. The fourth-order valence-corrected chi connectivity index (χ4v) is 2.39. The van der Waals surface area contributed by atoms with Crippen LogP contribution in [0.1, 0.15) is 31.7 Å². The third-order valence-electron chi connectivity index (χ3n) is 3.79. The smallest absolute Gasteiger partial charge is 0.325 e. The number of hydrogen-bond donors (Lipinski definition) is 1. The average molecular weight is 334 g/mol. The van der Waals surface area contributed by atoms with Crippen molar-refractivity contribution in [2.75, 3.05) is 20.2 Å². The molecule has 0 fully saturated rings. The SMILES string of the molecule is CCCCC(NC=O)C(=O)N(CCc1ccccc1)CC(=O)OC. The zero-order valence-electron chi connectivity index (χ0n) is 14.4. The largest absolute Gasteiger partial charge is 0.468 e. The first-order valence-corrected chi connectivity index (χ1v) is 8.21. The van der Waals surface area contributed by atoms with Crippen molar-refractivity contribution in [3.05, 3.63) is 35.9 Å². The Morgan fingerprint density at radius 3 is 2.58 bits per heavy atom. The minimum absolute atomic E-state index is 0.120. The maximum Gasteiger partial charge on any atom is 0.325 e. The van der Waals surface area contributed by atoms with Gasteiger partial charge in [-0.3, -0.25) is 14.4 Å². The number of nitrogens with zero attached hydrogens (tertiary/aromatic N) is 1. The first-order valence-electron chi connectivity index (χ1n) is 8.21. The van der Waals surface area contributed by atoms with Gasteiger partial charge in [0, 0.05) is 6.54 Å². The third-order valence-corrected chi connectivity index (χ3v) is 3.79. The minimum Gasteiger partial charge on any atom is -0.468 e. The summed E-state index contributed by atoms with van der Waals surface area (Å²) in [4.78, 5) is 36.6. The monoisotopic (exact) mass is 334 g/mol. The number of unbranched alkanes of at least 4 members (excludes halogenated alkanes) is 1. The lowest BCUT2D eigenvalue weighted by Gasteiger charge is -2.26. The van der Waals surface area contributed by atoms with Crippen LogP contribution >= 0.6 is 0 Å². The molecule has 0 spiro atoms. The van der Waals surface area contributed by atoms with Gasteiger partial charge in [0.15, 0.2) is 0 Å². The second-order valence-electron chi connectivity index (χ2n) is 5.55. The van der Waals surface area contributed by atoms with Crippen LogP contribution in [0.5, 0.6) is 0 Å². The number of carbonyl (C=O) groups is 3. The fourth-order valence-electron chi connectivity index (χ4n) is 2.39. The van der Waals surface area contributed by atoms with Crippen LogP contribution in [0.25, 0.3) is 0 Å². The summed E-state index contributed by atoms with van der Waals surface area (Å²) in [5, 5.41) is 2.56. The molecule has 1 aromatic carbocycles. The normalized spacial score (nSPS) is 11.4. The predicted octanol–water partition coefficient (Wildman–Crippen LogP) is 1.54. The van der Waals surface area contributed by atoms with E-state index in [4.69, 9.17) is 0 Å². The van der Waals surface area contributed by atoms with E-state index in [0.717, 1.165) is 18.4 Å². The summed E-state index contributed by atoms with van der Waals surface area (Å²) < 4.78 is 4.68. The van der Waals surface area contributed by atoms with Gasteiger partial charge in [-0.1, -0.05) is 50.1 Å². The molecule has 0 aliphatic heterocycles. The summed E-state index contributed by atoms with van der Waals surface area (Å²) in [7, 11) is 1.29. The Morgan fingerprint density at radius 1 is 1.29 bits per heavy atom. The molecule has 0 aromatic heterocycles. The van der Waals surface area contributed by atoms with Crippen LogP contribution in [0.3, 0.4) is 0 Å². The summed E-state index contributed by atoms with van der Waals surface area (Å²) in [6.07, 6.45) is 3.46. The van der Waals surface area contributed by atoms with Gasteiger partial charge in [0.1, 0.15) is 12.6 Å². The van der Waals surface area contributed by atoms with Crippen LogP contribution in [0, 0.1) is 0 Å². The molecule has 24 heavy (non-hydrogen) atoms. The molecule has 0 heterocycles. The first kappa shape index (κ1) is 19.7. The van der Waals surface area contributed by atoms with Crippen LogP contribution in [-0.2, 0) is 25.5 Å². The van der Waals surface area contributed by atoms with E-state index in [0.29, 0.717) is 25.8 Å². The molecule has 1 atom stereocenters. The Labute approximate surface area is 143 Å². The molecule has 1 aromatic rings. The number of benzene rings is 1. The minimum atomic E-state index is -0.608. The molecule has 0 saturated heterocycles. The van der Waals surface area contributed by atoms with E-state index in [1.54, 1.807) is 0 Å². The molecule has 0 aliphatic rings. The van der Waals surface area contributed by atoms with Crippen LogP contribution in [0.15, 0.2) is 30.3 Å². The van der Waals surface area contributed by atoms with Gasteiger partial charge in [0.2, 0.25) is 12.3 Å². The maximum atomic E-state index is 12.7. The van der Waals surface area contributed by atoms with Crippen molar-refractivity contribution in [2.45, 2.75) is 38.6 Å². The zero-order valence-corrected chi connectivity index (χ0v) is 14.4. The van der Waals surface area contributed by atoms with Crippen molar-refractivity contribution in [1.82, 2.24) is 10.2 Å². The lowest BCUT2D eigenvalue weighted by molar-refractivity contribution is -0.147. The van der Waals surface area contributed by atoms with Gasteiger partial charge in [-0.05, 0) is 18.4 Å². The molecule has 0 radical (unpaired) electrons. The number of rotatable bonds is 11. The Balaban J connectivity index is 2.78. The topological polar surface area (TPSA) is 75.7 Å². The number of methoxy groups -OCH3 is 1. The maximum absolute atomic E-state index is 12.7. The molecule has 132 valence electrons. The van der Waals surface area contributed by atoms with Gasteiger partial charge in [-0.2, -0.15) is 0 Å². The van der Waals surface area contributed by atoms with Gasteiger partial charge >= 0.3 is 5.97 Å². The Morgan fingerprint density at radius 2 is 2.00 bits per heavy atom. The molecule has 6 nitrogen and oxygen atoms in total. The molecule has 0 bridgehead atoms. The van der Waals surface area contributed by atoms with Crippen molar-refractivity contribution >= 4 is 18.3 Å². The number of hydrogen-bond acceptors (Lipinski definition) is 4. The second kappa shape index (κ2) is 11.2. The fraction of sp³-hybridized carbons (Fsp3) is 0.500. The summed E-state index contributed by atoms with van der Waals surface area (Å²) in [5.41, 5.74) is 1.08. The quantitative estimate of drug-likeness (QED) is 0.492. The van der Waals surface area contributed by atoms with Gasteiger partial charge in [0.25, 0.3) is 0 Å². The van der Waals surface area contributed by atoms with Crippen molar-refractivity contribution < 1.29 is 19.1 Å². The summed E-state index contributed by atoms with van der Waals surface area (Å²) in [6, 6.07) is 9.12. The van der Waals surface area contributed by atoms with E-state index in [1.165, 1.54) is 12.0 Å². The second-order valence-corrected chi connectivity index (χ2v) is 5.55. The Hall–Kier alpha value is -2.37. The highest BCUT2D eigenvalue weighted by Gasteiger charge is 2.25. The average Bonchev–Trinajstić information content (AvgIpc) is 2.62. The number of carbonyl (C=O) groups excluding carboxylic acids is 3. The molecule has 0 saturated carbocycles. The summed E-state index contributed by atoms with van der Waals surface area (Å²) in [6.45, 7) is 2.29. The van der Waals surface area contributed by atoms with Gasteiger partial charge in [0.05, 0.1) is 7.11 Å². The predicted molar refractivity (Wildman–Crippen MR) is 91.3 cm³/mol. The van der Waals surface area contributed by atoms with Crippen LogP contribution in [0.4, 0.5) is 0 Å². The van der Waals surface area contributed by atoms with Crippen molar-refractivity contribution in [1.29, 1.82) is 0 Å². The van der Waals surface area contributed by atoms with E-state index in [2.05, 4.69) is 10.1 Å². The highest BCUT2D eigenvalue weighted by molar-refractivity contribution is 5.87. The van der Waals surface area contributed by atoms with Crippen molar-refractivity contribution in [3.8, 4) is 0 Å². The van der Waals surface area contributed by atoms with E-state index in [9.17, 15) is 14.4 Å². The molecule has 6 heteroatoms. The Bertz CT molecular complexity index is 519. The van der Waals surface area contributed by atoms with Gasteiger partial charge < -0.3 is 15.0 Å². The highest BCUT2D eigenvalue weighted by Crippen LogP contribution is 2.08. The molecule has 1 unspecified atom stereocenters. The number of esters is 1. The van der Waals surface area contributed by atoms with Crippen molar-refractivity contribution in [2.24, 2.45) is 0 Å². The molecular formula is C18H26N2O4. The lowest BCUT2D eigenvalue weighted by atomic mass is 10.1. The summed E-state index contributed by atoms with van der Waals surface area (Å²) >= 11 is 0. The summed E-state index contributed by atoms with van der Waals surface area (Å²) in [5.74, 6) is -0.728. The number of amides is 2. The molecule has 0 aliphatic carbocycles. The standard InChI is InChI=1S/C18H26N2O4/c1-3-4-10-16(19-14-21)18(23)20(13-17(22)24-2)12-11-15-8-6-5-7-9-15/h5-9,14,16H,3-4,10-13H2,1-2H3,(H,19,21). The van der Waals surface area contributed by atoms with Crippen LogP contribution in [0.2, 0.25) is 0 Å². The van der Waals surface area contributed by atoms with Crippen LogP contribution < -0.4 is 5.32 Å². The third kappa shape index (κ3) is 6.81. The lowest BCUT2D eigenvalue weighted by Crippen LogP contribution is -2.48. The number of nitrogens with one attached hydrogen (secondary N) is 1. The van der Waals surface area contributed by atoms with E-state index < -0.39 is 12.0 Å².